The molecule has 3 heterocycles. The molecule has 3 rings (SSSR count). The van der Waals surface area contributed by atoms with E-state index in [-0.39, 0.29) is 5.91 Å². The van der Waals surface area contributed by atoms with Crippen molar-refractivity contribution in [2.24, 2.45) is 5.92 Å². The van der Waals surface area contributed by atoms with Crippen LogP contribution in [0.25, 0.3) is 0 Å². The summed E-state index contributed by atoms with van der Waals surface area (Å²) < 4.78 is 1.95. The van der Waals surface area contributed by atoms with E-state index < -0.39 is 0 Å². The summed E-state index contributed by atoms with van der Waals surface area (Å²) in [6, 6.07) is 7.56. The van der Waals surface area contributed by atoms with Crippen LogP contribution in [0.3, 0.4) is 0 Å². The Hall–Kier alpha value is -2.21. The van der Waals surface area contributed by atoms with Gasteiger partial charge in [-0.05, 0) is 24.1 Å². The van der Waals surface area contributed by atoms with Gasteiger partial charge in [0, 0.05) is 25.8 Å². The fraction of sp³-hybridized carbons (Fsp3) is 0.471. The van der Waals surface area contributed by atoms with Crippen molar-refractivity contribution in [2.75, 3.05) is 13.1 Å². The SMILES string of the molecule is CC(C)CN1CCn2nc(C(=O)NCc3ccccn3)cc2C1. The van der Waals surface area contributed by atoms with Crippen LogP contribution >= 0.6 is 0 Å². The molecule has 6 heteroatoms. The largest absolute Gasteiger partial charge is 0.345 e. The number of aromatic nitrogens is 3. The lowest BCUT2D eigenvalue weighted by Crippen LogP contribution is -2.36. The van der Waals surface area contributed by atoms with Gasteiger partial charge in [0.1, 0.15) is 0 Å². The van der Waals surface area contributed by atoms with E-state index in [9.17, 15) is 4.79 Å². The minimum Gasteiger partial charge on any atom is -0.345 e. The minimum absolute atomic E-state index is 0.145. The number of rotatable bonds is 5. The van der Waals surface area contributed by atoms with E-state index in [1.54, 1.807) is 6.20 Å². The summed E-state index contributed by atoms with van der Waals surface area (Å²) in [5, 5.41) is 7.31. The van der Waals surface area contributed by atoms with Gasteiger partial charge < -0.3 is 5.32 Å². The predicted molar refractivity (Wildman–Crippen MR) is 87.7 cm³/mol. The Labute approximate surface area is 136 Å². The van der Waals surface area contributed by atoms with Gasteiger partial charge in [-0.25, -0.2) is 0 Å². The van der Waals surface area contributed by atoms with E-state index in [0.717, 1.165) is 37.6 Å². The van der Waals surface area contributed by atoms with Gasteiger partial charge >= 0.3 is 0 Å². The number of nitrogens with zero attached hydrogens (tertiary/aromatic N) is 4. The number of hydrogen-bond donors (Lipinski definition) is 1. The Kier molecular flexibility index (Phi) is 4.71. The van der Waals surface area contributed by atoms with E-state index in [4.69, 9.17) is 0 Å². The van der Waals surface area contributed by atoms with Crippen LogP contribution in [0.5, 0.6) is 0 Å². The van der Waals surface area contributed by atoms with Crippen LogP contribution in [0.2, 0.25) is 0 Å². The first-order valence-electron chi connectivity index (χ1n) is 8.09. The molecule has 1 amide bonds. The Morgan fingerprint density at radius 3 is 2.96 bits per heavy atom. The first-order chi connectivity index (χ1) is 11.1. The molecule has 122 valence electrons. The first-order valence-corrected chi connectivity index (χ1v) is 8.09. The van der Waals surface area contributed by atoms with Crippen molar-refractivity contribution in [1.29, 1.82) is 0 Å². The number of hydrogen-bond acceptors (Lipinski definition) is 4. The molecule has 0 fully saturated rings. The molecule has 0 aliphatic carbocycles. The number of nitrogens with one attached hydrogen (secondary N) is 1. The zero-order valence-corrected chi connectivity index (χ0v) is 13.7. The van der Waals surface area contributed by atoms with E-state index in [0.29, 0.717) is 18.2 Å². The third kappa shape index (κ3) is 3.96. The molecule has 0 unspecified atom stereocenters. The van der Waals surface area contributed by atoms with Gasteiger partial charge in [0.2, 0.25) is 0 Å². The second-order valence-corrected chi connectivity index (χ2v) is 6.38. The summed E-state index contributed by atoms with van der Waals surface area (Å²) in [6.45, 7) is 8.63. The third-order valence-corrected chi connectivity index (χ3v) is 3.89. The number of carbonyl (C=O) groups excluding carboxylic acids is 1. The van der Waals surface area contributed by atoms with Crippen molar-refractivity contribution in [3.8, 4) is 0 Å². The fourth-order valence-corrected chi connectivity index (χ4v) is 2.87. The van der Waals surface area contributed by atoms with Crippen LogP contribution in [-0.4, -0.2) is 38.7 Å². The molecule has 6 nitrogen and oxygen atoms in total. The lowest BCUT2D eigenvalue weighted by molar-refractivity contribution is 0.0944. The van der Waals surface area contributed by atoms with E-state index in [2.05, 4.69) is 34.1 Å². The summed E-state index contributed by atoms with van der Waals surface area (Å²) in [5.74, 6) is 0.499. The van der Waals surface area contributed by atoms with Crippen LogP contribution in [0, 0.1) is 5.92 Å². The molecule has 1 N–H and O–H groups in total. The Bertz CT molecular complexity index is 665. The maximum Gasteiger partial charge on any atom is 0.272 e. The molecule has 0 radical (unpaired) electrons. The fourth-order valence-electron chi connectivity index (χ4n) is 2.87. The Balaban J connectivity index is 1.61. The summed E-state index contributed by atoms with van der Waals surface area (Å²) in [7, 11) is 0. The van der Waals surface area contributed by atoms with Crippen LogP contribution in [0.1, 0.15) is 35.7 Å². The summed E-state index contributed by atoms with van der Waals surface area (Å²) in [4.78, 5) is 18.9. The monoisotopic (exact) mass is 313 g/mol. The standard InChI is InChI=1S/C17H23N5O/c1-13(2)11-21-7-8-22-15(12-21)9-16(20-22)17(23)19-10-14-5-3-4-6-18-14/h3-6,9,13H,7-8,10-12H2,1-2H3,(H,19,23). The lowest BCUT2D eigenvalue weighted by Gasteiger charge is -2.28. The smallest absolute Gasteiger partial charge is 0.272 e. The molecular formula is C17H23N5O. The maximum absolute atomic E-state index is 12.3. The quantitative estimate of drug-likeness (QED) is 0.912. The van der Waals surface area contributed by atoms with Gasteiger partial charge in [-0.3, -0.25) is 19.4 Å². The van der Waals surface area contributed by atoms with Gasteiger partial charge in [-0.2, -0.15) is 5.10 Å². The highest BCUT2D eigenvalue weighted by Gasteiger charge is 2.21. The third-order valence-electron chi connectivity index (χ3n) is 3.89. The number of fused-ring (bicyclic) bond motifs is 1. The number of carbonyl (C=O) groups is 1. The molecular weight excluding hydrogens is 290 g/mol. The summed E-state index contributed by atoms with van der Waals surface area (Å²) in [6.07, 6.45) is 1.72. The number of pyridine rings is 1. The molecule has 23 heavy (non-hydrogen) atoms. The van der Waals surface area contributed by atoms with Gasteiger partial charge in [-0.15, -0.1) is 0 Å². The highest BCUT2D eigenvalue weighted by Crippen LogP contribution is 2.15. The van der Waals surface area contributed by atoms with Crippen molar-refractivity contribution in [2.45, 2.75) is 33.5 Å². The summed E-state index contributed by atoms with van der Waals surface area (Å²) >= 11 is 0. The minimum atomic E-state index is -0.145. The van der Waals surface area contributed by atoms with E-state index in [1.807, 2.05) is 28.9 Å². The van der Waals surface area contributed by atoms with Gasteiger partial charge in [0.25, 0.3) is 5.91 Å². The Morgan fingerprint density at radius 2 is 2.22 bits per heavy atom. The van der Waals surface area contributed by atoms with Gasteiger partial charge in [0.05, 0.1) is 24.5 Å². The van der Waals surface area contributed by atoms with Crippen molar-refractivity contribution >= 4 is 5.91 Å². The highest BCUT2D eigenvalue weighted by molar-refractivity contribution is 5.92. The topological polar surface area (TPSA) is 63.1 Å². The molecule has 1 aliphatic rings. The van der Waals surface area contributed by atoms with Crippen molar-refractivity contribution in [1.82, 2.24) is 25.0 Å². The molecule has 0 saturated carbocycles. The maximum atomic E-state index is 12.3. The van der Waals surface area contributed by atoms with Gasteiger partial charge in [0.15, 0.2) is 5.69 Å². The van der Waals surface area contributed by atoms with Crippen molar-refractivity contribution in [3.63, 3.8) is 0 Å². The molecule has 0 atom stereocenters. The van der Waals surface area contributed by atoms with Crippen LogP contribution in [-0.2, 0) is 19.6 Å². The second-order valence-electron chi connectivity index (χ2n) is 6.38. The highest BCUT2D eigenvalue weighted by atomic mass is 16.1. The molecule has 0 bridgehead atoms. The predicted octanol–water partition coefficient (Wildman–Crippen LogP) is 1.68. The molecule has 0 spiro atoms. The van der Waals surface area contributed by atoms with Crippen LogP contribution in [0.4, 0.5) is 0 Å². The van der Waals surface area contributed by atoms with Crippen LogP contribution in [0.15, 0.2) is 30.5 Å². The number of amides is 1. The first kappa shape index (κ1) is 15.7. The van der Waals surface area contributed by atoms with Crippen LogP contribution < -0.4 is 5.32 Å². The zero-order chi connectivity index (χ0) is 16.2. The average Bonchev–Trinajstić information content (AvgIpc) is 2.96. The second kappa shape index (κ2) is 6.91. The molecule has 1 aliphatic heterocycles. The molecule has 2 aromatic rings. The Morgan fingerprint density at radius 1 is 1.35 bits per heavy atom. The van der Waals surface area contributed by atoms with Crippen molar-refractivity contribution in [3.05, 3.63) is 47.5 Å². The normalized spacial score (nSPS) is 14.7. The van der Waals surface area contributed by atoms with Crippen molar-refractivity contribution < 1.29 is 4.79 Å². The zero-order valence-electron chi connectivity index (χ0n) is 13.7. The van der Waals surface area contributed by atoms with E-state index in [1.165, 1.54) is 0 Å². The average molecular weight is 313 g/mol. The molecule has 0 aromatic carbocycles. The molecule has 0 saturated heterocycles. The van der Waals surface area contributed by atoms with Gasteiger partial charge in [-0.1, -0.05) is 19.9 Å². The molecule has 2 aromatic heterocycles. The summed E-state index contributed by atoms with van der Waals surface area (Å²) in [5.41, 5.74) is 2.44. The van der Waals surface area contributed by atoms with E-state index >= 15 is 0 Å². The lowest BCUT2D eigenvalue weighted by atomic mass is 10.2.